The van der Waals surface area contributed by atoms with Crippen molar-refractivity contribution in [3.8, 4) is 11.5 Å². The summed E-state index contributed by atoms with van der Waals surface area (Å²) in [6.45, 7) is 6.45. The van der Waals surface area contributed by atoms with Gasteiger partial charge in [0.05, 0.1) is 23.3 Å². The minimum absolute atomic E-state index is 0.124. The molecular weight excluding hydrogens is 456 g/mol. The molecule has 0 amide bonds. The van der Waals surface area contributed by atoms with E-state index in [9.17, 15) is 24.6 Å². The van der Waals surface area contributed by atoms with Crippen LogP contribution in [0.5, 0.6) is 11.5 Å². The lowest BCUT2D eigenvalue weighted by Crippen LogP contribution is -2.57. The Bertz CT molecular complexity index is 1200. The number of fused-ring (bicyclic) bond motifs is 2. The highest BCUT2D eigenvalue weighted by atomic mass is 16.7. The Morgan fingerprint density at radius 3 is 2.31 bits per heavy atom. The highest BCUT2D eigenvalue weighted by Crippen LogP contribution is 2.44. The number of methoxy groups -OCH3 is 1. The molecule has 1 saturated heterocycles. The minimum atomic E-state index is -0.903. The van der Waals surface area contributed by atoms with Crippen LogP contribution in [0.1, 0.15) is 77.6 Å². The topological polar surface area (TPSA) is 129 Å². The monoisotopic (exact) mass is 484 g/mol. The molecule has 2 aliphatic rings. The van der Waals surface area contributed by atoms with Gasteiger partial charge in [0.2, 0.25) is 0 Å². The van der Waals surface area contributed by atoms with E-state index in [0.717, 1.165) is 0 Å². The Balaban J connectivity index is 1.64. The molecule has 2 aromatic rings. The van der Waals surface area contributed by atoms with Crippen molar-refractivity contribution in [2.45, 2.75) is 64.3 Å². The first-order valence-electron chi connectivity index (χ1n) is 11.3. The summed E-state index contributed by atoms with van der Waals surface area (Å²) in [6.07, 6.45) is -2.66. The van der Waals surface area contributed by atoms with Gasteiger partial charge >= 0.3 is 5.97 Å². The molecule has 0 saturated carbocycles. The number of hydrogen-bond acceptors (Lipinski definition) is 9. The molecule has 9 nitrogen and oxygen atoms in total. The van der Waals surface area contributed by atoms with Crippen molar-refractivity contribution in [3.63, 3.8) is 0 Å². The number of ether oxygens (including phenoxy) is 4. The van der Waals surface area contributed by atoms with Gasteiger partial charge in [-0.2, -0.15) is 0 Å². The van der Waals surface area contributed by atoms with Gasteiger partial charge < -0.3 is 29.2 Å². The largest absolute Gasteiger partial charge is 0.507 e. The fourth-order valence-corrected chi connectivity index (χ4v) is 4.87. The van der Waals surface area contributed by atoms with E-state index in [0.29, 0.717) is 0 Å². The number of phenols is 2. The third-order valence-electron chi connectivity index (χ3n) is 6.70. The van der Waals surface area contributed by atoms with Crippen LogP contribution in [-0.4, -0.2) is 59.0 Å². The van der Waals surface area contributed by atoms with Gasteiger partial charge in [0.1, 0.15) is 17.1 Å². The van der Waals surface area contributed by atoms with Gasteiger partial charge in [0, 0.05) is 37.1 Å². The molecule has 0 aromatic heterocycles. The molecule has 186 valence electrons. The molecule has 1 aliphatic carbocycles. The van der Waals surface area contributed by atoms with Crippen molar-refractivity contribution in [1.82, 2.24) is 0 Å². The molecule has 9 heteroatoms. The van der Waals surface area contributed by atoms with Crippen molar-refractivity contribution >= 4 is 17.5 Å². The van der Waals surface area contributed by atoms with E-state index in [1.165, 1.54) is 32.2 Å². The number of esters is 1. The third-order valence-corrected chi connectivity index (χ3v) is 6.70. The molecule has 2 aromatic carbocycles. The average molecular weight is 485 g/mol. The second kappa shape index (κ2) is 9.07. The Hall–Kier alpha value is -3.27. The standard InChI is InChI=1S/C26H28O9/c1-12(33-19-11-26(4,32-5)25(13(2)34-19)35-14(3)27)17-10-18(28)20-21(24(17)31)23(30)16-9-7-6-8-15(16)22(20)29/h6-10,12-13,19,25,28,31H,11H2,1-5H3/t12-,13-,19+,25-,26+/m0/s1. The maximum absolute atomic E-state index is 13.1. The van der Waals surface area contributed by atoms with E-state index in [1.54, 1.807) is 32.9 Å². The zero-order valence-electron chi connectivity index (χ0n) is 20.2. The molecule has 4 rings (SSSR count). The second-order valence-electron chi connectivity index (χ2n) is 9.09. The third kappa shape index (κ3) is 4.20. The molecular formula is C26H28O9. The molecule has 1 aliphatic heterocycles. The average Bonchev–Trinajstić information content (AvgIpc) is 2.81. The smallest absolute Gasteiger partial charge is 0.303 e. The Morgan fingerprint density at radius 1 is 1.14 bits per heavy atom. The molecule has 35 heavy (non-hydrogen) atoms. The fourth-order valence-electron chi connectivity index (χ4n) is 4.87. The number of carbonyl (C=O) groups excluding carboxylic acids is 3. The maximum Gasteiger partial charge on any atom is 0.303 e. The van der Waals surface area contributed by atoms with Crippen LogP contribution >= 0.6 is 0 Å². The van der Waals surface area contributed by atoms with Gasteiger partial charge in [0.15, 0.2) is 24.0 Å². The number of ketones is 2. The zero-order valence-corrected chi connectivity index (χ0v) is 20.2. The predicted octanol–water partition coefficient (Wildman–Crippen LogP) is 3.42. The second-order valence-corrected chi connectivity index (χ2v) is 9.09. The summed E-state index contributed by atoms with van der Waals surface area (Å²) in [6, 6.07) is 7.48. The molecule has 1 fully saturated rings. The van der Waals surface area contributed by atoms with Crippen molar-refractivity contribution in [1.29, 1.82) is 0 Å². The molecule has 1 heterocycles. The van der Waals surface area contributed by atoms with Crippen LogP contribution in [0.3, 0.4) is 0 Å². The summed E-state index contributed by atoms with van der Waals surface area (Å²) in [7, 11) is 1.50. The van der Waals surface area contributed by atoms with Crippen LogP contribution in [0.4, 0.5) is 0 Å². The minimum Gasteiger partial charge on any atom is -0.507 e. The van der Waals surface area contributed by atoms with Crippen LogP contribution in [0.25, 0.3) is 0 Å². The number of carbonyl (C=O) groups is 3. The normalized spacial score (nSPS) is 26.6. The predicted molar refractivity (Wildman–Crippen MR) is 122 cm³/mol. The fraction of sp³-hybridized carbons (Fsp3) is 0.423. The number of hydrogen-bond donors (Lipinski definition) is 2. The number of rotatable bonds is 5. The van der Waals surface area contributed by atoms with Crippen molar-refractivity contribution < 1.29 is 43.5 Å². The van der Waals surface area contributed by atoms with E-state index >= 15 is 0 Å². The first-order valence-corrected chi connectivity index (χ1v) is 11.3. The molecule has 2 N–H and O–H groups in total. The van der Waals surface area contributed by atoms with E-state index < -0.39 is 59.2 Å². The van der Waals surface area contributed by atoms with Gasteiger partial charge in [-0.1, -0.05) is 24.3 Å². The summed E-state index contributed by atoms with van der Waals surface area (Å²) in [5.41, 5.74) is -0.946. The summed E-state index contributed by atoms with van der Waals surface area (Å²) in [5.74, 6) is -2.42. The van der Waals surface area contributed by atoms with Crippen molar-refractivity contribution in [2.75, 3.05) is 7.11 Å². The summed E-state index contributed by atoms with van der Waals surface area (Å²) in [5, 5.41) is 21.7. The zero-order chi connectivity index (χ0) is 25.7. The Morgan fingerprint density at radius 2 is 1.74 bits per heavy atom. The highest BCUT2D eigenvalue weighted by molar-refractivity contribution is 6.30. The molecule has 5 atom stereocenters. The summed E-state index contributed by atoms with van der Waals surface area (Å²) < 4.78 is 23.0. The van der Waals surface area contributed by atoms with Gasteiger partial charge in [-0.15, -0.1) is 0 Å². The first-order chi connectivity index (χ1) is 16.5. The molecule has 0 spiro atoms. The quantitative estimate of drug-likeness (QED) is 0.413. The number of aromatic hydroxyl groups is 2. The molecule has 0 bridgehead atoms. The van der Waals surface area contributed by atoms with E-state index in [2.05, 4.69) is 0 Å². The number of phenolic OH excluding ortho intramolecular Hbond substituents is 2. The van der Waals surface area contributed by atoms with Crippen LogP contribution in [-0.2, 0) is 23.7 Å². The van der Waals surface area contributed by atoms with Crippen LogP contribution in [0.15, 0.2) is 30.3 Å². The van der Waals surface area contributed by atoms with Gasteiger partial charge in [-0.25, -0.2) is 0 Å². The van der Waals surface area contributed by atoms with Crippen LogP contribution < -0.4 is 0 Å². The summed E-state index contributed by atoms with van der Waals surface area (Å²) >= 11 is 0. The van der Waals surface area contributed by atoms with Gasteiger partial charge in [0.25, 0.3) is 0 Å². The maximum atomic E-state index is 13.1. The van der Waals surface area contributed by atoms with Gasteiger partial charge in [-0.05, 0) is 26.8 Å². The number of benzene rings is 2. The lowest BCUT2D eigenvalue weighted by molar-refractivity contribution is -0.290. The highest BCUT2D eigenvalue weighted by Gasteiger charge is 2.49. The van der Waals surface area contributed by atoms with Crippen molar-refractivity contribution in [3.05, 3.63) is 58.1 Å². The SMILES string of the molecule is CO[C@]1(C)C[C@H](O[C@@H](C)c2cc(O)c3c(c2O)C(=O)c2ccccc2C3=O)O[C@@H](C)[C@@H]1OC(C)=O. The molecule has 0 radical (unpaired) electrons. The van der Waals surface area contributed by atoms with Gasteiger partial charge in [-0.3, -0.25) is 14.4 Å². The van der Waals surface area contributed by atoms with E-state index in [4.69, 9.17) is 18.9 Å². The lowest BCUT2D eigenvalue weighted by atomic mass is 9.81. The Labute approximate surface area is 202 Å². The summed E-state index contributed by atoms with van der Waals surface area (Å²) in [4.78, 5) is 37.6. The van der Waals surface area contributed by atoms with E-state index in [-0.39, 0.29) is 34.2 Å². The van der Waals surface area contributed by atoms with Crippen molar-refractivity contribution in [2.24, 2.45) is 0 Å². The lowest BCUT2D eigenvalue weighted by Gasteiger charge is -2.46. The first kappa shape index (κ1) is 24.8. The van der Waals surface area contributed by atoms with Crippen LogP contribution in [0, 0.1) is 0 Å². The van der Waals surface area contributed by atoms with Crippen LogP contribution in [0.2, 0.25) is 0 Å². The van der Waals surface area contributed by atoms with E-state index in [1.807, 2.05) is 0 Å². The Kier molecular flexibility index (Phi) is 6.44. The molecule has 0 unspecified atom stereocenters.